The summed E-state index contributed by atoms with van der Waals surface area (Å²) in [5.74, 6) is 0. The van der Waals surface area contributed by atoms with Gasteiger partial charge in [0.05, 0.1) is 24.0 Å². The summed E-state index contributed by atoms with van der Waals surface area (Å²) in [6, 6.07) is 0. The molecular weight excluding hydrogens is 154 g/mol. The minimum Gasteiger partial charge on any atom is -0.396 e. The summed E-state index contributed by atoms with van der Waals surface area (Å²) in [5, 5.41) is 4.12. The van der Waals surface area contributed by atoms with Crippen molar-refractivity contribution in [1.29, 1.82) is 0 Å². The first-order chi connectivity index (χ1) is 5.56. The van der Waals surface area contributed by atoms with Gasteiger partial charge in [-0.3, -0.25) is 4.68 Å². The predicted molar refractivity (Wildman–Crippen MR) is 47.8 cm³/mol. The van der Waals surface area contributed by atoms with Crippen LogP contribution < -0.4 is 5.73 Å². The maximum absolute atomic E-state index is 5.55. The Morgan fingerprint density at radius 2 is 2.33 bits per heavy atom. The zero-order valence-electron chi connectivity index (χ0n) is 7.74. The second kappa shape index (κ2) is 3.15. The summed E-state index contributed by atoms with van der Waals surface area (Å²) >= 11 is 0. The van der Waals surface area contributed by atoms with Crippen molar-refractivity contribution >= 4 is 5.69 Å². The second-order valence-corrected chi connectivity index (χ2v) is 3.46. The number of ether oxygens (including phenoxy) is 1. The molecule has 0 saturated heterocycles. The molecule has 0 fully saturated rings. The molecule has 0 bridgehead atoms. The number of nitrogens with zero attached hydrogens (tertiary/aromatic N) is 2. The van der Waals surface area contributed by atoms with Crippen LogP contribution in [0.4, 0.5) is 5.69 Å². The van der Waals surface area contributed by atoms with Crippen molar-refractivity contribution in [3.05, 3.63) is 12.4 Å². The number of anilines is 1. The number of nitrogen functional groups attached to an aromatic ring is 1. The van der Waals surface area contributed by atoms with Crippen LogP contribution in [-0.4, -0.2) is 23.5 Å². The number of rotatable bonds is 3. The fourth-order valence-corrected chi connectivity index (χ4v) is 1.09. The number of nitrogens with two attached hydrogens (primary N) is 1. The van der Waals surface area contributed by atoms with Crippen LogP contribution in [-0.2, 0) is 10.3 Å². The molecule has 1 aromatic heterocycles. The van der Waals surface area contributed by atoms with E-state index in [9.17, 15) is 0 Å². The zero-order chi connectivity index (χ0) is 9.19. The molecule has 0 amide bonds. The van der Waals surface area contributed by atoms with E-state index in [0.717, 1.165) is 0 Å². The van der Waals surface area contributed by atoms with Crippen LogP contribution in [0, 0.1) is 0 Å². The molecule has 0 aliphatic rings. The monoisotopic (exact) mass is 169 g/mol. The molecular formula is C8H15N3O. The smallest absolute Gasteiger partial charge is 0.0804 e. The third-order valence-corrected chi connectivity index (χ3v) is 1.72. The second-order valence-electron chi connectivity index (χ2n) is 3.46. The van der Waals surface area contributed by atoms with Gasteiger partial charge in [-0.1, -0.05) is 0 Å². The molecule has 0 radical (unpaired) electrons. The van der Waals surface area contributed by atoms with Gasteiger partial charge in [-0.05, 0) is 13.8 Å². The average molecular weight is 169 g/mol. The van der Waals surface area contributed by atoms with E-state index < -0.39 is 0 Å². The Balaban J connectivity index is 2.81. The van der Waals surface area contributed by atoms with Gasteiger partial charge in [0.15, 0.2) is 0 Å². The molecule has 4 nitrogen and oxygen atoms in total. The molecule has 0 atom stereocenters. The Morgan fingerprint density at radius 1 is 1.67 bits per heavy atom. The predicted octanol–water partition coefficient (Wildman–Crippen LogP) is 0.847. The van der Waals surface area contributed by atoms with E-state index in [0.29, 0.717) is 12.3 Å². The summed E-state index contributed by atoms with van der Waals surface area (Å²) in [6.45, 7) is 4.71. The van der Waals surface area contributed by atoms with Gasteiger partial charge < -0.3 is 10.5 Å². The number of methoxy groups -OCH3 is 1. The van der Waals surface area contributed by atoms with E-state index in [4.69, 9.17) is 10.5 Å². The van der Waals surface area contributed by atoms with E-state index in [2.05, 4.69) is 5.10 Å². The fraction of sp³-hybridized carbons (Fsp3) is 0.625. The standard InChI is InChI=1S/C8H15N3O/c1-8(2,6-12-3)11-5-7(9)4-10-11/h4-5H,6,9H2,1-3H3. The van der Waals surface area contributed by atoms with Crippen LogP contribution in [0.15, 0.2) is 12.4 Å². The Bertz CT molecular complexity index is 255. The van der Waals surface area contributed by atoms with Crippen LogP contribution in [0.1, 0.15) is 13.8 Å². The Morgan fingerprint density at radius 3 is 2.75 bits per heavy atom. The third kappa shape index (κ3) is 1.76. The summed E-state index contributed by atoms with van der Waals surface area (Å²) in [6.07, 6.45) is 3.44. The summed E-state index contributed by atoms with van der Waals surface area (Å²) < 4.78 is 6.88. The molecule has 4 heteroatoms. The first-order valence-corrected chi connectivity index (χ1v) is 3.86. The minimum atomic E-state index is -0.133. The van der Waals surface area contributed by atoms with Gasteiger partial charge in [-0.15, -0.1) is 0 Å². The molecule has 2 N–H and O–H groups in total. The van der Waals surface area contributed by atoms with Crippen LogP contribution >= 0.6 is 0 Å². The van der Waals surface area contributed by atoms with Crippen molar-refractivity contribution < 1.29 is 4.74 Å². The normalized spacial score (nSPS) is 11.9. The van der Waals surface area contributed by atoms with Crippen LogP contribution in [0.3, 0.4) is 0 Å². The number of hydrogen-bond donors (Lipinski definition) is 1. The Hall–Kier alpha value is -1.03. The molecule has 0 aromatic carbocycles. The van der Waals surface area contributed by atoms with Gasteiger partial charge in [-0.2, -0.15) is 5.10 Å². The zero-order valence-corrected chi connectivity index (χ0v) is 7.74. The lowest BCUT2D eigenvalue weighted by molar-refractivity contribution is 0.101. The van der Waals surface area contributed by atoms with Gasteiger partial charge >= 0.3 is 0 Å². The van der Waals surface area contributed by atoms with E-state index in [1.807, 2.05) is 18.5 Å². The summed E-state index contributed by atoms with van der Waals surface area (Å²) in [7, 11) is 1.68. The highest BCUT2D eigenvalue weighted by Crippen LogP contribution is 2.15. The summed E-state index contributed by atoms with van der Waals surface area (Å²) in [4.78, 5) is 0. The number of hydrogen-bond acceptors (Lipinski definition) is 3. The van der Waals surface area contributed by atoms with Crippen molar-refractivity contribution in [3.63, 3.8) is 0 Å². The Kier molecular flexibility index (Phi) is 2.38. The highest BCUT2D eigenvalue weighted by atomic mass is 16.5. The topological polar surface area (TPSA) is 53.1 Å². The lowest BCUT2D eigenvalue weighted by Gasteiger charge is -2.23. The van der Waals surface area contributed by atoms with Crippen LogP contribution in [0.2, 0.25) is 0 Å². The van der Waals surface area contributed by atoms with Gasteiger partial charge in [-0.25, -0.2) is 0 Å². The lowest BCUT2D eigenvalue weighted by atomic mass is 10.1. The minimum absolute atomic E-state index is 0.133. The van der Waals surface area contributed by atoms with E-state index in [-0.39, 0.29) is 5.54 Å². The van der Waals surface area contributed by atoms with Gasteiger partial charge in [0.1, 0.15) is 0 Å². The molecule has 0 unspecified atom stereocenters. The quantitative estimate of drug-likeness (QED) is 0.729. The largest absolute Gasteiger partial charge is 0.396 e. The number of aromatic nitrogens is 2. The van der Waals surface area contributed by atoms with Crippen LogP contribution in [0.25, 0.3) is 0 Å². The highest BCUT2D eigenvalue weighted by Gasteiger charge is 2.20. The van der Waals surface area contributed by atoms with Gasteiger partial charge in [0.25, 0.3) is 0 Å². The van der Waals surface area contributed by atoms with Gasteiger partial charge in [0.2, 0.25) is 0 Å². The lowest BCUT2D eigenvalue weighted by Crippen LogP contribution is -2.31. The van der Waals surface area contributed by atoms with Crippen molar-refractivity contribution in [3.8, 4) is 0 Å². The molecule has 1 heterocycles. The molecule has 1 aromatic rings. The molecule has 0 spiro atoms. The fourth-order valence-electron chi connectivity index (χ4n) is 1.09. The third-order valence-electron chi connectivity index (χ3n) is 1.72. The first kappa shape index (κ1) is 9.06. The molecule has 68 valence electrons. The molecule has 12 heavy (non-hydrogen) atoms. The van der Waals surface area contributed by atoms with Crippen molar-refractivity contribution in [1.82, 2.24) is 9.78 Å². The maximum Gasteiger partial charge on any atom is 0.0804 e. The van der Waals surface area contributed by atoms with Crippen molar-refractivity contribution in [2.75, 3.05) is 19.5 Å². The average Bonchev–Trinajstić information content (AvgIpc) is 2.36. The first-order valence-electron chi connectivity index (χ1n) is 3.86. The molecule has 0 aliphatic heterocycles. The van der Waals surface area contributed by atoms with E-state index >= 15 is 0 Å². The SMILES string of the molecule is COCC(C)(C)n1cc(N)cn1. The van der Waals surface area contributed by atoms with Gasteiger partial charge in [0, 0.05) is 13.3 Å². The van der Waals surface area contributed by atoms with Crippen molar-refractivity contribution in [2.24, 2.45) is 0 Å². The summed E-state index contributed by atoms with van der Waals surface area (Å²) in [5.41, 5.74) is 6.09. The van der Waals surface area contributed by atoms with Crippen molar-refractivity contribution in [2.45, 2.75) is 19.4 Å². The maximum atomic E-state index is 5.55. The highest BCUT2D eigenvalue weighted by molar-refractivity contribution is 5.30. The van der Waals surface area contributed by atoms with Crippen LogP contribution in [0.5, 0.6) is 0 Å². The molecule has 0 saturated carbocycles. The van der Waals surface area contributed by atoms with E-state index in [1.54, 1.807) is 19.5 Å². The molecule has 1 rings (SSSR count). The Labute approximate surface area is 72.3 Å². The molecule has 0 aliphatic carbocycles. The van der Waals surface area contributed by atoms with E-state index in [1.165, 1.54) is 0 Å².